The summed E-state index contributed by atoms with van der Waals surface area (Å²) < 4.78 is 0. The van der Waals surface area contributed by atoms with Crippen LogP contribution in [0.2, 0.25) is 0 Å². The number of amides is 1. The average Bonchev–Trinajstić information content (AvgIpc) is 2.50. The van der Waals surface area contributed by atoms with E-state index < -0.39 is 0 Å². The number of hydrogen-bond acceptors (Lipinski definition) is 4. The van der Waals surface area contributed by atoms with Gasteiger partial charge in [0, 0.05) is 5.56 Å². The molecule has 21 heavy (non-hydrogen) atoms. The first-order valence-corrected chi connectivity index (χ1v) is 6.64. The molecule has 0 aliphatic rings. The number of aliphatic hydroxyl groups is 1. The summed E-state index contributed by atoms with van der Waals surface area (Å²) in [6.07, 6.45) is 0.532. The van der Waals surface area contributed by atoms with Gasteiger partial charge in [-0.15, -0.1) is 0 Å². The van der Waals surface area contributed by atoms with Gasteiger partial charge >= 0.3 is 0 Å². The molecule has 5 nitrogen and oxygen atoms in total. The lowest BCUT2D eigenvalue weighted by Crippen LogP contribution is -2.39. The first-order valence-electron chi connectivity index (χ1n) is 6.64. The standard InChI is InChI=1S/C16H18N2O3/c17-14-7-6-12(9-15(14)20)16(21)18-13(10-19)8-11-4-2-1-3-5-11/h1-7,9,13,19-20H,8,10,17H2,(H,18,21). The van der Waals surface area contributed by atoms with E-state index in [1.807, 2.05) is 30.3 Å². The van der Waals surface area contributed by atoms with E-state index in [4.69, 9.17) is 5.73 Å². The number of aromatic hydroxyl groups is 1. The molecule has 0 bridgehead atoms. The number of nitrogens with one attached hydrogen (secondary N) is 1. The molecule has 0 aromatic heterocycles. The number of carbonyl (C=O) groups excluding carboxylic acids is 1. The molecule has 2 aromatic rings. The Morgan fingerprint density at radius 1 is 1.19 bits per heavy atom. The van der Waals surface area contributed by atoms with Gasteiger partial charge in [0.05, 0.1) is 18.3 Å². The highest BCUT2D eigenvalue weighted by Gasteiger charge is 2.14. The largest absolute Gasteiger partial charge is 0.506 e. The fourth-order valence-corrected chi connectivity index (χ4v) is 2.01. The van der Waals surface area contributed by atoms with E-state index in [0.717, 1.165) is 5.56 Å². The molecule has 5 heteroatoms. The van der Waals surface area contributed by atoms with Crippen LogP contribution in [0, 0.1) is 0 Å². The van der Waals surface area contributed by atoms with Crippen LogP contribution >= 0.6 is 0 Å². The van der Waals surface area contributed by atoms with E-state index in [2.05, 4.69) is 5.32 Å². The summed E-state index contributed by atoms with van der Waals surface area (Å²) in [5, 5.41) is 21.7. The van der Waals surface area contributed by atoms with E-state index in [0.29, 0.717) is 12.0 Å². The normalized spacial score (nSPS) is 11.9. The summed E-state index contributed by atoms with van der Waals surface area (Å²) >= 11 is 0. The highest BCUT2D eigenvalue weighted by Crippen LogP contribution is 2.20. The Hall–Kier alpha value is -2.53. The van der Waals surface area contributed by atoms with Gasteiger partial charge in [-0.2, -0.15) is 0 Å². The third kappa shape index (κ3) is 3.97. The molecule has 0 spiro atoms. The summed E-state index contributed by atoms with van der Waals surface area (Å²) in [6.45, 7) is -0.165. The average molecular weight is 286 g/mol. The van der Waals surface area contributed by atoms with Crippen molar-refractivity contribution in [2.75, 3.05) is 12.3 Å². The van der Waals surface area contributed by atoms with Crippen molar-refractivity contribution in [1.82, 2.24) is 5.32 Å². The maximum Gasteiger partial charge on any atom is 0.251 e. The molecule has 0 aliphatic carbocycles. The van der Waals surface area contributed by atoms with E-state index in [1.165, 1.54) is 18.2 Å². The van der Waals surface area contributed by atoms with Crippen LogP contribution in [0.5, 0.6) is 5.75 Å². The second-order valence-corrected chi connectivity index (χ2v) is 4.82. The van der Waals surface area contributed by atoms with Crippen molar-refractivity contribution >= 4 is 11.6 Å². The number of anilines is 1. The Morgan fingerprint density at radius 2 is 1.90 bits per heavy atom. The van der Waals surface area contributed by atoms with Crippen molar-refractivity contribution in [3.63, 3.8) is 0 Å². The van der Waals surface area contributed by atoms with Crippen LogP contribution < -0.4 is 11.1 Å². The van der Waals surface area contributed by atoms with Crippen molar-refractivity contribution in [2.45, 2.75) is 12.5 Å². The molecule has 2 rings (SSSR count). The molecule has 0 saturated carbocycles. The summed E-state index contributed by atoms with van der Waals surface area (Å²) in [6, 6.07) is 13.5. The van der Waals surface area contributed by atoms with Gasteiger partial charge in [-0.3, -0.25) is 4.79 Å². The number of phenolic OH excluding ortho intramolecular Hbond substituents is 1. The molecule has 2 aromatic carbocycles. The SMILES string of the molecule is Nc1ccc(C(=O)NC(CO)Cc2ccccc2)cc1O. The summed E-state index contributed by atoms with van der Waals surface area (Å²) in [4.78, 5) is 12.1. The van der Waals surface area contributed by atoms with Crippen LogP contribution in [0.4, 0.5) is 5.69 Å². The zero-order chi connectivity index (χ0) is 15.2. The lowest BCUT2D eigenvalue weighted by molar-refractivity contribution is 0.0916. The number of carbonyl (C=O) groups is 1. The second kappa shape index (κ2) is 6.76. The molecular weight excluding hydrogens is 268 g/mol. The van der Waals surface area contributed by atoms with Gasteiger partial charge in [0.1, 0.15) is 5.75 Å². The molecule has 0 aliphatic heterocycles. The number of rotatable bonds is 5. The molecule has 0 fully saturated rings. The smallest absolute Gasteiger partial charge is 0.251 e. The molecule has 0 radical (unpaired) electrons. The van der Waals surface area contributed by atoms with E-state index in [1.54, 1.807) is 0 Å². The highest BCUT2D eigenvalue weighted by molar-refractivity contribution is 5.95. The minimum Gasteiger partial charge on any atom is -0.506 e. The molecule has 0 saturated heterocycles. The first-order chi connectivity index (χ1) is 10.1. The van der Waals surface area contributed by atoms with Crippen LogP contribution in [0.15, 0.2) is 48.5 Å². The Morgan fingerprint density at radius 3 is 2.52 bits per heavy atom. The van der Waals surface area contributed by atoms with E-state index >= 15 is 0 Å². The van der Waals surface area contributed by atoms with Crippen molar-refractivity contribution < 1.29 is 15.0 Å². The summed E-state index contributed by atoms with van der Waals surface area (Å²) in [5.41, 5.74) is 7.04. The van der Waals surface area contributed by atoms with Crippen LogP contribution in [0.25, 0.3) is 0 Å². The quantitative estimate of drug-likeness (QED) is 0.492. The molecule has 110 valence electrons. The number of nitrogens with two attached hydrogens (primary N) is 1. The fourth-order valence-electron chi connectivity index (χ4n) is 2.01. The maximum atomic E-state index is 12.1. The first kappa shape index (κ1) is 14.9. The Kier molecular flexibility index (Phi) is 4.79. The van der Waals surface area contributed by atoms with Crippen LogP contribution in [0.3, 0.4) is 0 Å². The van der Waals surface area contributed by atoms with Crippen LogP contribution in [0.1, 0.15) is 15.9 Å². The van der Waals surface area contributed by atoms with Gasteiger partial charge in [0.2, 0.25) is 0 Å². The van der Waals surface area contributed by atoms with Gasteiger partial charge in [-0.25, -0.2) is 0 Å². The monoisotopic (exact) mass is 286 g/mol. The van der Waals surface area contributed by atoms with Gasteiger partial charge in [-0.1, -0.05) is 30.3 Å². The predicted molar refractivity (Wildman–Crippen MR) is 81.0 cm³/mol. The summed E-state index contributed by atoms with van der Waals surface area (Å²) in [5.74, 6) is -0.494. The molecule has 1 unspecified atom stereocenters. The minimum absolute atomic E-state index is 0.133. The number of aliphatic hydroxyl groups excluding tert-OH is 1. The van der Waals surface area contributed by atoms with Crippen molar-refractivity contribution in [2.24, 2.45) is 0 Å². The van der Waals surface area contributed by atoms with Crippen molar-refractivity contribution in [1.29, 1.82) is 0 Å². The zero-order valence-electron chi connectivity index (χ0n) is 11.5. The van der Waals surface area contributed by atoms with Crippen LogP contribution in [-0.2, 0) is 6.42 Å². The minimum atomic E-state index is -0.389. The van der Waals surface area contributed by atoms with E-state index in [-0.39, 0.29) is 30.0 Å². The number of hydrogen-bond donors (Lipinski definition) is 4. The van der Waals surface area contributed by atoms with Gasteiger partial charge in [0.15, 0.2) is 0 Å². The molecule has 1 amide bonds. The topological polar surface area (TPSA) is 95.6 Å². The molecule has 0 heterocycles. The predicted octanol–water partition coefficient (Wildman–Crippen LogP) is 1.31. The van der Waals surface area contributed by atoms with Gasteiger partial charge in [0.25, 0.3) is 5.91 Å². The summed E-state index contributed by atoms with van der Waals surface area (Å²) in [7, 11) is 0. The Bertz CT molecular complexity index is 614. The number of benzene rings is 2. The zero-order valence-corrected chi connectivity index (χ0v) is 11.5. The Balaban J connectivity index is 2.04. The molecule has 1 atom stereocenters. The van der Waals surface area contributed by atoms with Gasteiger partial charge < -0.3 is 21.3 Å². The maximum absolute atomic E-state index is 12.1. The second-order valence-electron chi connectivity index (χ2n) is 4.82. The molecule has 5 N–H and O–H groups in total. The Labute approximate surface area is 123 Å². The third-order valence-corrected chi connectivity index (χ3v) is 3.17. The highest BCUT2D eigenvalue weighted by atomic mass is 16.3. The lowest BCUT2D eigenvalue weighted by atomic mass is 10.1. The third-order valence-electron chi connectivity index (χ3n) is 3.17. The number of phenols is 1. The van der Waals surface area contributed by atoms with Crippen molar-refractivity contribution in [3.8, 4) is 5.75 Å². The lowest BCUT2D eigenvalue weighted by Gasteiger charge is -2.16. The van der Waals surface area contributed by atoms with Gasteiger partial charge in [-0.05, 0) is 30.2 Å². The van der Waals surface area contributed by atoms with Crippen LogP contribution in [-0.4, -0.2) is 28.8 Å². The van der Waals surface area contributed by atoms with E-state index in [9.17, 15) is 15.0 Å². The fraction of sp³-hybridized carbons (Fsp3) is 0.188. The number of nitrogen functional groups attached to an aromatic ring is 1. The van der Waals surface area contributed by atoms with Crippen molar-refractivity contribution in [3.05, 3.63) is 59.7 Å². The molecular formula is C16H18N2O3.